The minimum absolute atomic E-state index is 0.0370. The van der Waals surface area contributed by atoms with Crippen LogP contribution in [0.4, 0.5) is 5.82 Å². The Hall–Kier alpha value is -0.840. The highest BCUT2D eigenvalue weighted by Gasteiger charge is 2.27. The molecule has 1 fully saturated rings. The van der Waals surface area contributed by atoms with Gasteiger partial charge in [-0.2, -0.15) is 0 Å². The van der Waals surface area contributed by atoms with Crippen LogP contribution >= 0.6 is 11.6 Å². The van der Waals surface area contributed by atoms with Crippen molar-refractivity contribution in [3.8, 4) is 0 Å². The van der Waals surface area contributed by atoms with Gasteiger partial charge < -0.3 is 14.7 Å². The maximum atomic E-state index is 9.05. The normalized spacial score (nSPS) is 24.3. The van der Waals surface area contributed by atoms with Crippen molar-refractivity contribution in [2.45, 2.75) is 26.1 Å². The summed E-state index contributed by atoms with van der Waals surface area (Å²) < 4.78 is 5.49. The number of hydrogen-bond donors (Lipinski definition) is 1. The van der Waals surface area contributed by atoms with Crippen molar-refractivity contribution in [3.63, 3.8) is 0 Å². The van der Waals surface area contributed by atoms with Crippen LogP contribution in [0.25, 0.3) is 0 Å². The lowest BCUT2D eigenvalue weighted by molar-refractivity contribution is 0.0496. The molecule has 1 aromatic heterocycles. The highest BCUT2D eigenvalue weighted by atomic mass is 35.5. The number of halogens is 1. The fraction of sp³-hybridized carbons (Fsp3) is 0.615. The van der Waals surface area contributed by atoms with Gasteiger partial charge in [0.25, 0.3) is 0 Å². The van der Waals surface area contributed by atoms with Crippen molar-refractivity contribution in [3.05, 3.63) is 22.8 Å². The highest BCUT2D eigenvalue weighted by molar-refractivity contribution is 6.33. The second-order valence-corrected chi connectivity index (χ2v) is 5.20. The number of aromatic nitrogens is 1. The zero-order valence-electron chi connectivity index (χ0n) is 10.8. The predicted octanol–water partition coefficient (Wildman–Crippen LogP) is 2.09. The van der Waals surface area contributed by atoms with Gasteiger partial charge in [0, 0.05) is 26.4 Å². The molecule has 1 aliphatic rings. The van der Waals surface area contributed by atoms with Crippen LogP contribution in [0, 0.1) is 5.92 Å². The molecular weight excluding hydrogens is 252 g/mol. The van der Waals surface area contributed by atoms with Crippen molar-refractivity contribution in [2.24, 2.45) is 5.92 Å². The molecular formula is C13H19ClN2O2. The van der Waals surface area contributed by atoms with Crippen molar-refractivity contribution in [1.29, 1.82) is 0 Å². The van der Waals surface area contributed by atoms with Crippen LogP contribution < -0.4 is 4.90 Å². The van der Waals surface area contributed by atoms with E-state index in [9.17, 15) is 0 Å². The van der Waals surface area contributed by atoms with Crippen LogP contribution in [0.3, 0.4) is 0 Å². The SMILES string of the molecule is COC1CN(c2ncc(CO)cc2Cl)CCC1C. The molecule has 0 aromatic carbocycles. The molecule has 1 aromatic rings. The van der Waals surface area contributed by atoms with E-state index in [0.717, 1.165) is 30.9 Å². The number of hydrogen-bond acceptors (Lipinski definition) is 4. The fourth-order valence-corrected chi connectivity index (χ4v) is 2.63. The maximum Gasteiger partial charge on any atom is 0.147 e. The maximum absolute atomic E-state index is 9.05. The molecule has 0 saturated carbocycles. The lowest BCUT2D eigenvalue weighted by Crippen LogP contribution is -2.44. The lowest BCUT2D eigenvalue weighted by atomic mass is 9.96. The average molecular weight is 271 g/mol. The Morgan fingerprint density at radius 3 is 3.00 bits per heavy atom. The topological polar surface area (TPSA) is 45.6 Å². The molecule has 0 radical (unpaired) electrons. The summed E-state index contributed by atoms with van der Waals surface area (Å²) in [5.74, 6) is 1.34. The molecule has 2 unspecified atom stereocenters. The molecule has 2 heterocycles. The van der Waals surface area contributed by atoms with E-state index in [4.69, 9.17) is 21.4 Å². The van der Waals surface area contributed by atoms with Crippen LogP contribution in [-0.2, 0) is 11.3 Å². The van der Waals surface area contributed by atoms with Gasteiger partial charge in [-0.3, -0.25) is 0 Å². The summed E-state index contributed by atoms with van der Waals surface area (Å²) in [5.41, 5.74) is 0.734. The van der Waals surface area contributed by atoms with Crippen molar-refractivity contribution in [1.82, 2.24) is 4.98 Å². The lowest BCUT2D eigenvalue weighted by Gasteiger charge is -2.37. The predicted molar refractivity (Wildman–Crippen MR) is 72.0 cm³/mol. The highest BCUT2D eigenvalue weighted by Crippen LogP contribution is 2.29. The number of aliphatic hydroxyl groups is 1. The smallest absolute Gasteiger partial charge is 0.147 e. The first-order chi connectivity index (χ1) is 8.65. The summed E-state index contributed by atoms with van der Waals surface area (Å²) in [5, 5.41) is 9.63. The van der Waals surface area contributed by atoms with Crippen molar-refractivity contribution in [2.75, 3.05) is 25.1 Å². The van der Waals surface area contributed by atoms with Crippen LogP contribution in [0.1, 0.15) is 18.9 Å². The summed E-state index contributed by atoms with van der Waals surface area (Å²) in [7, 11) is 1.74. The van der Waals surface area contributed by atoms with Crippen molar-refractivity contribution < 1.29 is 9.84 Å². The van der Waals surface area contributed by atoms with E-state index >= 15 is 0 Å². The van der Waals surface area contributed by atoms with Crippen LogP contribution in [0.5, 0.6) is 0 Å². The van der Waals surface area contributed by atoms with E-state index in [1.165, 1.54) is 0 Å². The first kappa shape index (κ1) is 13.6. The third-order valence-electron chi connectivity index (χ3n) is 3.55. The van der Waals surface area contributed by atoms with E-state index in [2.05, 4.69) is 16.8 Å². The number of nitrogens with zero attached hydrogens (tertiary/aromatic N) is 2. The average Bonchev–Trinajstić information content (AvgIpc) is 2.39. The second-order valence-electron chi connectivity index (χ2n) is 4.79. The molecule has 1 aliphatic heterocycles. The Morgan fingerprint density at radius 1 is 1.61 bits per heavy atom. The van der Waals surface area contributed by atoms with Gasteiger partial charge in [0.1, 0.15) is 5.82 Å². The van der Waals surface area contributed by atoms with Crippen LogP contribution in [-0.4, -0.2) is 36.4 Å². The van der Waals surface area contributed by atoms with E-state index in [-0.39, 0.29) is 12.7 Å². The molecule has 0 spiro atoms. The Labute approximate surface area is 113 Å². The third kappa shape index (κ3) is 2.76. The molecule has 0 bridgehead atoms. The molecule has 5 heteroatoms. The molecule has 100 valence electrons. The summed E-state index contributed by atoms with van der Waals surface area (Å²) in [6.45, 7) is 3.91. The minimum atomic E-state index is -0.0370. The Morgan fingerprint density at radius 2 is 2.39 bits per heavy atom. The third-order valence-corrected chi connectivity index (χ3v) is 3.83. The summed E-state index contributed by atoms with van der Waals surface area (Å²) in [6.07, 6.45) is 2.95. The molecule has 1 N–H and O–H groups in total. The number of ether oxygens (including phenoxy) is 1. The van der Waals surface area contributed by atoms with Gasteiger partial charge in [0.2, 0.25) is 0 Å². The van der Waals surface area contributed by atoms with Gasteiger partial charge in [-0.05, 0) is 24.0 Å². The number of piperidine rings is 1. The number of aliphatic hydroxyl groups excluding tert-OH is 1. The Kier molecular flexibility index (Phi) is 4.43. The van der Waals surface area contributed by atoms with Crippen molar-refractivity contribution >= 4 is 17.4 Å². The first-order valence-corrected chi connectivity index (χ1v) is 6.56. The van der Waals surface area contributed by atoms with Gasteiger partial charge in [0.05, 0.1) is 17.7 Å². The molecule has 18 heavy (non-hydrogen) atoms. The second kappa shape index (κ2) is 5.87. The quantitative estimate of drug-likeness (QED) is 0.914. The van der Waals surface area contributed by atoms with Crippen LogP contribution in [0.2, 0.25) is 5.02 Å². The largest absolute Gasteiger partial charge is 0.392 e. The molecule has 4 nitrogen and oxygen atoms in total. The molecule has 1 saturated heterocycles. The van der Waals surface area contributed by atoms with Gasteiger partial charge in [-0.15, -0.1) is 0 Å². The molecule has 0 amide bonds. The van der Waals surface area contributed by atoms with E-state index < -0.39 is 0 Å². The number of anilines is 1. The van der Waals surface area contributed by atoms with E-state index in [1.54, 1.807) is 19.4 Å². The first-order valence-electron chi connectivity index (χ1n) is 6.18. The number of rotatable bonds is 3. The minimum Gasteiger partial charge on any atom is -0.392 e. The standard InChI is InChI=1S/C13H19ClN2O2/c1-9-3-4-16(7-12(9)18-2)13-11(14)5-10(8-17)6-15-13/h5-6,9,12,17H,3-4,7-8H2,1-2H3. The van der Waals surface area contributed by atoms with Gasteiger partial charge in [0.15, 0.2) is 0 Å². The molecule has 0 aliphatic carbocycles. The van der Waals surface area contributed by atoms with Crippen LogP contribution in [0.15, 0.2) is 12.3 Å². The van der Waals surface area contributed by atoms with Gasteiger partial charge in [-0.1, -0.05) is 18.5 Å². The zero-order valence-corrected chi connectivity index (χ0v) is 11.5. The monoisotopic (exact) mass is 270 g/mol. The summed E-state index contributed by atoms with van der Waals surface area (Å²) in [4.78, 5) is 6.50. The zero-order chi connectivity index (χ0) is 13.1. The Balaban J connectivity index is 2.16. The number of methoxy groups -OCH3 is 1. The van der Waals surface area contributed by atoms with Gasteiger partial charge in [-0.25, -0.2) is 4.98 Å². The van der Waals surface area contributed by atoms with E-state index in [0.29, 0.717) is 10.9 Å². The Bertz CT molecular complexity index is 414. The fourth-order valence-electron chi connectivity index (χ4n) is 2.32. The molecule has 2 rings (SSSR count). The summed E-state index contributed by atoms with van der Waals surface area (Å²) >= 11 is 6.21. The van der Waals surface area contributed by atoms with Gasteiger partial charge >= 0.3 is 0 Å². The number of pyridine rings is 1. The summed E-state index contributed by atoms with van der Waals surface area (Å²) in [6, 6.07) is 1.77. The van der Waals surface area contributed by atoms with E-state index in [1.807, 2.05) is 0 Å². The molecule has 2 atom stereocenters.